The van der Waals surface area contributed by atoms with Crippen LogP contribution in [0.25, 0.3) is 6.08 Å². The topological polar surface area (TPSA) is 97.7 Å². The lowest BCUT2D eigenvalue weighted by Gasteiger charge is -2.15. The first-order valence-electron chi connectivity index (χ1n) is 11.1. The standard InChI is InChI=1S/C28H25BrN2O5/c1-4-35-25-15-20(14-23(29)26(25)36-17-19-9-7-8-18(2)12-19)13-21(16-30)27(32)31-24-11-6-5-10-22(24)28(33)34-3/h5-15H,4,17H2,1-3H3,(H,31,32). The molecule has 0 saturated carbocycles. The van der Waals surface area contributed by atoms with E-state index in [0.29, 0.717) is 34.7 Å². The van der Waals surface area contributed by atoms with Crippen molar-refractivity contribution >= 4 is 39.6 Å². The second-order valence-electron chi connectivity index (χ2n) is 7.70. The SMILES string of the molecule is CCOc1cc(C=C(C#N)C(=O)Nc2ccccc2C(=O)OC)cc(Br)c1OCc1cccc(C)c1. The van der Waals surface area contributed by atoms with Crippen LogP contribution in [0.3, 0.4) is 0 Å². The number of carbonyl (C=O) groups is 2. The lowest BCUT2D eigenvalue weighted by Crippen LogP contribution is -2.16. The van der Waals surface area contributed by atoms with Crippen molar-refractivity contribution in [3.63, 3.8) is 0 Å². The van der Waals surface area contributed by atoms with E-state index in [1.807, 2.05) is 44.2 Å². The van der Waals surface area contributed by atoms with Crippen LogP contribution in [0.2, 0.25) is 0 Å². The molecule has 0 aliphatic rings. The first-order valence-corrected chi connectivity index (χ1v) is 11.9. The number of nitrogens with one attached hydrogen (secondary N) is 1. The van der Waals surface area contributed by atoms with Gasteiger partial charge in [-0.2, -0.15) is 5.26 Å². The quantitative estimate of drug-likeness (QED) is 0.198. The Kier molecular flexibility index (Phi) is 9.25. The summed E-state index contributed by atoms with van der Waals surface area (Å²) in [4.78, 5) is 24.8. The molecule has 0 saturated heterocycles. The molecule has 0 aliphatic carbocycles. The molecule has 0 bridgehead atoms. The average Bonchev–Trinajstić information content (AvgIpc) is 2.86. The molecule has 0 atom stereocenters. The fourth-order valence-corrected chi connectivity index (χ4v) is 3.99. The van der Waals surface area contributed by atoms with Crippen molar-refractivity contribution in [3.8, 4) is 17.6 Å². The molecule has 0 radical (unpaired) electrons. The van der Waals surface area contributed by atoms with Crippen LogP contribution in [0.15, 0.2) is 70.7 Å². The van der Waals surface area contributed by atoms with E-state index in [9.17, 15) is 14.9 Å². The van der Waals surface area contributed by atoms with Crippen LogP contribution >= 0.6 is 15.9 Å². The molecule has 1 N–H and O–H groups in total. The van der Waals surface area contributed by atoms with Crippen molar-refractivity contribution in [2.45, 2.75) is 20.5 Å². The highest BCUT2D eigenvalue weighted by atomic mass is 79.9. The summed E-state index contributed by atoms with van der Waals surface area (Å²) in [5, 5.41) is 12.3. The second kappa shape index (κ2) is 12.6. The van der Waals surface area contributed by atoms with Gasteiger partial charge in [0.25, 0.3) is 5.91 Å². The van der Waals surface area contributed by atoms with Crippen LogP contribution in [0.5, 0.6) is 11.5 Å². The van der Waals surface area contributed by atoms with Crippen LogP contribution in [-0.2, 0) is 16.1 Å². The van der Waals surface area contributed by atoms with Gasteiger partial charge in [0, 0.05) is 0 Å². The Morgan fingerprint density at radius 1 is 1.08 bits per heavy atom. The number of rotatable bonds is 9. The van der Waals surface area contributed by atoms with Crippen LogP contribution in [0, 0.1) is 18.3 Å². The molecule has 184 valence electrons. The van der Waals surface area contributed by atoms with Gasteiger partial charge in [0.1, 0.15) is 18.2 Å². The molecule has 3 aromatic carbocycles. The van der Waals surface area contributed by atoms with Crippen molar-refractivity contribution in [2.24, 2.45) is 0 Å². The first kappa shape index (κ1) is 26.5. The fourth-order valence-electron chi connectivity index (χ4n) is 3.42. The van der Waals surface area contributed by atoms with Gasteiger partial charge >= 0.3 is 5.97 Å². The molecule has 36 heavy (non-hydrogen) atoms. The Labute approximate surface area is 218 Å². The molecule has 0 fully saturated rings. The third-order valence-corrected chi connectivity index (χ3v) is 5.64. The Morgan fingerprint density at radius 2 is 1.86 bits per heavy atom. The number of aryl methyl sites for hydroxylation is 1. The lowest BCUT2D eigenvalue weighted by molar-refractivity contribution is -0.112. The van der Waals surface area contributed by atoms with E-state index in [1.165, 1.54) is 19.3 Å². The maximum Gasteiger partial charge on any atom is 0.339 e. The first-order chi connectivity index (χ1) is 17.4. The highest BCUT2D eigenvalue weighted by Crippen LogP contribution is 2.38. The molecule has 0 aromatic heterocycles. The Bertz CT molecular complexity index is 1340. The molecule has 0 heterocycles. The largest absolute Gasteiger partial charge is 0.490 e. The zero-order valence-electron chi connectivity index (χ0n) is 20.1. The highest BCUT2D eigenvalue weighted by molar-refractivity contribution is 9.10. The maximum atomic E-state index is 12.8. The minimum absolute atomic E-state index is 0.155. The van der Waals surface area contributed by atoms with Crippen molar-refractivity contribution < 1.29 is 23.8 Å². The number of para-hydroxylation sites is 1. The number of carbonyl (C=O) groups excluding carboxylic acids is 2. The van der Waals surface area contributed by atoms with Gasteiger partial charge in [-0.1, -0.05) is 42.0 Å². The Hall–Kier alpha value is -4.09. The number of nitrogens with zero attached hydrogens (tertiary/aromatic N) is 1. The predicted molar refractivity (Wildman–Crippen MR) is 141 cm³/mol. The summed E-state index contributed by atoms with van der Waals surface area (Å²) in [5.74, 6) is -0.271. The van der Waals surface area contributed by atoms with Crippen LogP contribution < -0.4 is 14.8 Å². The van der Waals surface area contributed by atoms with Gasteiger partial charge in [0.05, 0.1) is 29.4 Å². The molecule has 3 aromatic rings. The molecule has 3 rings (SSSR count). The summed E-state index contributed by atoms with van der Waals surface area (Å²) in [6, 6.07) is 19.8. The summed E-state index contributed by atoms with van der Waals surface area (Å²) in [6.07, 6.45) is 1.44. The highest BCUT2D eigenvalue weighted by Gasteiger charge is 2.17. The number of nitriles is 1. The molecule has 0 unspecified atom stereocenters. The van der Waals surface area contributed by atoms with E-state index >= 15 is 0 Å². The number of hydrogen-bond acceptors (Lipinski definition) is 6. The van der Waals surface area contributed by atoms with Crippen molar-refractivity contribution in [3.05, 3.63) is 93.0 Å². The van der Waals surface area contributed by atoms with Crippen molar-refractivity contribution in [2.75, 3.05) is 19.0 Å². The van der Waals surface area contributed by atoms with Gasteiger partial charge in [0.2, 0.25) is 0 Å². The van der Waals surface area contributed by atoms with Gasteiger partial charge < -0.3 is 19.5 Å². The van der Waals surface area contributed by atoms with Gasteiger partial charge in [-0.15, -0.1) is 0 Å². The van der Waals surface area contributed by atoms with E-state index < -0.39 is 11.9 Å². The summed E-state index contributed by atoms with van der Waals surface area (Å²) < 4.78 is 17.2. The van der Waals surface area contributed by atoms with Crippen LogP contribution in [0.4, 0.5) is 5.69 Å². The van der Waals surface area contributed by atoms with Gasteiger partial charge in [-0.3, -0.25) is 4.79 Å². The van der Waals surface area contributed by atoms with Gasteiger partial charge in [0.15, 0.2) is 11.5 Å². The number of esters is 1. The number of hydrogen-bond donors (Lipinski definition) is 1. The summed E-state index contributed by atoms with van der Waals surface area (Å²) in [7, 11) is 1.25. The van der Waals surface area contributed by atoms with E-state index in [-0.39, 0.29) is 16.8 Å². The van der Waals surface area contributed by atoms with Crippen molar-refractivity contribution in [1.82, 2.24) is 0 Å². The number of benzene rings is 3. The average molecular weight is 549 g/mol. The molecule has 0 spiro atoms. The summed E-state index contributed by atoms with van der Waals surface area (Å²) >= 11 is 3.52. The zero-order chi connectivity index (χ0) is 26.1. The fraction of sp³-hybridized carbons (Fsp3) is 0.179. The Morgan fingerprint density at radius 3 is 2.56 bits per heavy atom. The van der Waals surface area contributed by atoms with Gasteiger partial charge in [-0.05, 0) is 71.2 Å². The van der Waals surface area contributed by atoms with Crippen LogP contribution in [-0.4, -0.2) is 25.6 Å². The number of halogens is 1. The molecule has 8 heteroatoms. The maximum absolute atomic E-state index is 12.8. The van der Waals surface area contributed by atoms with E-state index in [0.717, 1.165) is 11.1 Å². The third kappa shape index (κ3) is 6.74. The van der Waals surface area contributed by atoms with E-state index in [4.69, 9.17) is 14.2 Å². The van der Waals surface area contributed by atoms with Crippen molar-refractivity contribution in [1.29, 1.82) is 5.26 Å². The summed E-state index contributed by atoms with van der Waals surface area (Å²) in [5.41, 5.74) is 2.98. The number of ether oxygens (including phenoxy) is 3. The monoisotopic (exact) mass is 548 g/mol. The molecular weight excluding hydrogens is 524 g/mol. The normalized spacial score (nSPS) is 10.8. The van der Waals surface area contributed by atoms with Crippen LogP contribution in [0.1, 0.15) is 34.0 Å². The smallest absolute Gasteiger partial charge is 0.339 e. The zero-order valence-corrected chi connectivity index (χ0v) is 21.7. The minimum Gasteiger partial charge on any atom is -0.490 e. The number of anilines is 1. The van der Waals surface area contributed by atoms with Gasteiger partial charge in [-0.25, -0.2) is 4.79 Å². The van der Waals surface area contributed by atoms with E-state index in [2.05, 4.69) is 21.2 Å². The molecule has 1 amide bonds. The number of amides is 1. The summed E-state index contributed by atoms with van der Waals surface area (Å²) in [6.45, 7) is 4.62. The Balaban J connectivity index is 1.87. The lowest BCUT2D eigenvalue weighted by atomic mass is 10.1. The second-order valence-corrected chi connectivity index (χ2v) is 8.56. The van der Waals surface area contributed by atoms with E-state index in [1.54, 1.807) is 30.3 Å². The minimum atomic E-state index is -0.664. The molecular formula is C28H25BrN2O5. The third-order valence-electron chi connectivity index (χ3n) is 5.05. The molecule has 7 nitrogen and oxygen atoms in total. The predicted octanol–water partition coefficient (Wildman–Crippen LogP) is 6.07. The molecule has 0 aliphatic heterocycles. The number of methoxy groups -OCH3 is 1.